The largest absolute Gasteiger partial charge is 0.295 e. The summed E-state index contributed by atoms with van der Waals surface area (Å²) in [6.07, 6.45) is 0. The predicted octanol–water partition coefficient (Wildman–Crippen LogP) is 2.56. The van der Waals surface area contributed by atoms with E-state index in [9.17, 15) is 10.1 Å². The fraction of sp³-hybridized carbons (Fsp3) is 0.222. The first-order valence-corrected chi connectivity index (χ1v) is 3.66. The molecular weight excluding hydrogens is 154 g/mol. The van der Waals surface area contributed by atoms with E-state index in [0.717, 1.165) is 11.5 Å². The molecule has 1 rings (SSSR count). The van der Waals surface area contributed by atoms with E-state index in [-0.39, 0.29) is 5.69 Å². The molecule has 0 unspecified atom stereocenters. The van der Waals surface area contributed by atoms with Gasteiger partial charge >= 0.3 is 0 Å². The van der Waals surface area contributed by atoms with E-state index in [4.69, 9.17) is 0 Å². The molecule has 1 aromatic rings. The minimum atomic E-state index is -0.394. The van der Waals surface area contributed by atoms with E-state index in [0.29, 0.717) is 0 Å². The van der Waals surface area contributed by atoms with E-state index in [1.54, 1.807) is 12.1 Å². The first-order chi connectivity index (χ1) is 5.61. The van der Waals surface area contributed by atoms with Crippen LogP contribution in [0.3, 0.4) is 0 Å². The number of nitro benzene ring substituents is 1. The summed E-state index contributed by atoms with van der Waals surface area (Å²) in [7, 11) is 0. The van der Waals surface area contributed by atoms with E-state index in [2.05, 4.69) is 0 Å². The molecule has 0 heterocycles. The molecule has 3 nitrogen and oxygen atoms in total. The number of nitro groups is 1. The number of hydrogen-bond donors (Lipinski definition) is 0. The first kappa shape index (κ1) is 8.59. The minimum absolute atomic E-state index is 0.139. The van der Waals surface area contributed by atoms with Crippen LogP contribution in [-0.4, -0.2) is 4.92 Å². The Balaban J connectivity index is 2.93. The topological polar surface area (TPSA) is 43.1 Å². The molecule has 0 saturated carbocycles. The second-order valence-electron chi connectivity index (χ2n) is 2.80. The van der Waals surface area contributed by atoms with Gasteiger partial charge in [0.05, 0.1) is 29.2 Å². The van der Waals surface area contributed by atoms with Crippen LogP contribution in [0.5, 0.6) is 0 Å². The van der Waals surface area contributed by atoms with Crippen LogP contribution in [0.2, 0.25) is 0 Å². The summed E-state index contributed by atoms with van der Waals surface area (Å²) >= 11 is 0. The molecule has 0 aliphatic heterocycles. The zero-order valence-corrected chi connectivity index (χ0v) is 7.07. The second kappa shape index (κ2) is 3.26. The molecule has 0 saturated heterocycles. The van der Waals surface area contributed by atoms with Gasteiger partial charge in [-0.15, -0.1) is 0 Å². The highest BCUT2D eigenvalue weighted by Gasteiger charge is 2.11. The summed E-state index contributed by atoms with van der Waals surface area (Å²) < 4.78 is 0. The second-order valence-corrected chi connectivity index (χ2v) is 2.80. The van der Waals surface area contributed by atoms with Crippen LogP contribution in [0.4, 0.5) is 5.69 Å². The average Bonchev–Trinajstić information content (AvgIpc) is 2.04. The third kappa shape index (κ3) is 1.75. The maximum Gasteiger partial charge on any atom is 0.295 e. The maximum absolute atomic E-state index is 10.3. The molecule has 0 atom stereocenters. The predicted molar refractivity (Wildman–Crippen MR) is 46.8 cm³/mol. The van der Waals surface area contributed by atoms with Crippen molar-refractivity contribution in [1.29, 1.82) is 0 Å². The molecule has 12 heavy (non-hydrogen) atoms. The summed E-state index contributed by atoms with van der Waals surface area (Å²) in [4.78, 5) is 9.89. The molecule has 0 radical (unpaired) electrons. The normalized spacial score (nSPS) is 9.50. The summed E-state index contributed by atoms with van der Waals surface area (Å²) in [5.41, 5.74) is 1.18. The van der Waals surface area contributed by atoms with E-state index in [1.807, 2.05) is 13.8 Å². The molecule has 0 spiro atoms. The highest BCUT2D eigenvalue weighted by Crippen LogP contribution is 2.17. The lowest BCUT2D eigenvalue weighted by atomic mass is 10.0. The third-order valence-electron chi connectivity index (χ3n) is 1.66. The Labute approximate surface area is 71.2 Å². The van der Waals surface area contributed by atoms with Gasteiger partial charge in [-0.3, -0.25) is 10.1 Å². The van der Waals surface area contributed by atoms with Gasteiger partial charge in [0.2, 0.25) is 0 Å². The first-order valence-electron chi connectivity index (χ1n) is 3.66. The van der Waals surface area contributed by atoms with Gasteiger partial charge in [-0.2, -0.15) is 0 Å². The van der Waals surface area contributed by atoms with Crippen molar-refractivity contribution < 1.29 is 4.92 Å². The molecule has 0 N–H and O–H groups in total. The SMILES string of the molecule is C[C+](C)c1ccc([N+](=O)[O-])cc1. The molecule has 0 bridgehead atoms. The smallest absolute Gasteiger partial charge is 0.258 e. The Morgan fingerprint density at radius 3 is 2.08 bits per heavy atom. The van der Waals surface area contributed by atoms with Crippen molar-refractivity contribution in [2.24, 2.45) is 0 Å². The molecule has 62 valence electrons. The van der Waals surface area contributed by atoms with Crippen LogP contribution < -0.4 is 0 Å². The average molecular weight is 164 g/mol. The zero-order valence-electron chi connectivity index (χ0n) is 7.07. The van der Waals surface area contributed by atoms with Crippen LogP contribution in [0.1, 0.15) is 19.4 Å². The van der Waals surface area contributed by atoms with Crippen molar-refractivity contribution in [3.05, 3.63) is 45.9 Å². The lowest BCUT2D eigenvalue weighted by molar-refractivity contribution is -0.384. The highest BCUT2D eigenvalue weighted by molar-refractivity contribution is 5.37. The van der Waals surface area contributed by atoms with Crippen molar-refractivity contribution in [3.63, 3.8) is 0 Å². The van der Waals surface area contributed by atoms with Gasteiger partial charge in [-0.1, -0.05) is 0 Å². The third-order valence-corrected chi connectivity index (χ3v) is 1.66. The standard InChI is InChI=1S/C9H10NO2/c1-7(2)8-3-5-9(6-4-8)10(11)12/h3-6H,1-2H3/q+1. The van der Waals surface area contributed by atoms with Gasteiger partial charge in [-0.05, 0) is 0 Å². The number of hydrogen-bond acceptors (Lipinski definition) is 2. The Morgan fingerprint density at radius 1 is 1.25 bits per heavy atom. The van der Waals surface area contributed by atoms with Gasteiger partial charge < -0.3 is 0 Å². The molecule has 1 aromatic carbocycles. The van der Waals surface area contributed by atoms with Gasteiger partial charge in [0, 0.05) is 19.8 Å². The quantitative estimate of drug-likeness (QED) is 0.383. The van der Waals surface area contributed by atoms with Crippen LogP contribution in [0.25, 0.3) is 0 Å². The molecule has 0 fully saturated rings. The number of non-ortho nitro benzene ring substituents is 1. The van der Waals surface area contributed by atoms with Gasteiger partial charge in [-0.25, -0.2) is 0 Å². The van der Waals surface area contributed by atoms with Gasteiger partial charge in [0.25, 0.3) is 5.69 Å². The number of nitrogens with zero attached hydrogens (tertiary/aromatic N) is 1. The molecule has 0 amide bonds. The molecule has 0 aliphatic rings. The van der Waals surface area contributed by atoms with Crippen LogP contribution in [-0.2, 0) is 0 Å². The Hall–Kier alpha value is -1.51. The molecule has 3 heteroatoms. The van der Waals surface area contributed by atoms with Crippen LogP contribution in [0, 0.1) is 16.0 Å². The van der Waals surface area contributed by atoms with E-state index in [1.165, 1.54) is 12.1 Å². The minimum Gasteiger partial charge on any atom is -0.258 e. The lowest BCUT2D eigenvalue weighted by Gasteiger charge is -1.94. The van der Waals surface area contributed by atoms with Crippen molar-refractivity contribution in [2.75, 3.05) is 0 Å². The molecular formula is C9H10NO2+. The fourth-order valence-electron chi connectivity index (χ4n) is 0.916. The fourth-order valence-corrected chi connectivity index (χ4v) is 0.916. The van der Waals surface area contributed by atoms with Crippen molar-refractivity contribution in [2.45, 2.75) is 13.8 Å². The van der Waals surface area contributed by atoms with E-state index < -0.39 is 4.92 Å². The lowest BCUT2D eigenvalue weighted by Crippen LogP contribution is -1.90. The molecule has 0 aliphatic carbocycles. The summed E-state index contributed by atoms with van der Waals surface area (Å²) in [5.74, 6) is 1.16. The maximum atomic E-state index is 10.3. The number of rotatable bonds is 2. The van der Waals surface area contributed by atoms with Gasteiger partial charge in [0.15, 0.2) is 0 Å². The summed E-state index contributed by atoms with van der Waals surface area (Å²) in [6.45, 7) is 3.95. The zero-order chi connectivity index (χ0) is 9.14. The van der Waals surface area contributed by atoms with Crippen LogP contribution in [0.15, 0.2) is 24.3 Å². The van der Waals surface area contributed by atoms with Crippen molar-refractivity contribution >= 4 is 5.69 Å². The van der Waals surface area contributed by atoms with Crippen LogP contribution >= 0.6 is 0 Å². The monoisotopic (exact) mass is 164 g/mol. The van der Waals surface area contributed by atoms with Gasteiger partial charge in [0.1, 0.15) is 5.56 Å². The Kier molecular flexibility index (Phi) is 2.33. The Morgan fingerprint density at radius 2 is 1.75 bits per heavy atom. The highest BCUT2D eigenvalue weighted by atomic mass is 16.6. The summed E-state index contributed by atoms with van der Waals surface area (Å²) in [6, 6.07) is 6.55. The van der Waals surface area contributed by atoms with Crippen molar-refractivity contribution in [3.8, 4) is 0 Å². The van der Waals surface area contributed by atoms with Crippen molar-refractivity contribution in [1.82, 2.24) is 0 Å². The summed E-state index contributed by atoms with van der Waals surface area (Å²) in [5, 5.41) is 10.3. The molecule has 0 aromatic heterocycles. The van der Waals surface area contributed by atoms with E-state index >= 15 is 0 Å². The Bertz CT molecular complexity index is 277. The number of benzene rings is 1.